The molecule has 0 aliphatic heterocycles. The lowest BCUT2D eigenvalue weighted by Crippen LogP contribution is -2.34. The number of ether oxygens (including phenoxy) is 1. The monoisotopic (exact) mass is 349 g/mol. The highest BCUT2D eigenvalue weighted by atomic mass is 32.1. The highest BCUT2D eigenvalue weighted by molar-refractivity contribution is 7.12. The molecular formula is C17H23N3O3S. The number of nitrogens with zero attached hydrogens (tertiary/aromatic N) is 2. The van der Waals surface area contributed by atoms with Gasteiger partial charge >= 0.3 is 0 Å². The molecule has 0 bridgehead atoms. The fraction of sp³-hybridized carbons (Fsp3) is 0.529. The molecule has 0 aromatic carbocycles. The number of hydrogen-bond donors (Lipinski definition) is 2. The highest BCUT2D eigenvalue weighted by Gasteiger charge is 2.22. The summed E-state index contributed by atoms with van der Waals surface area (Å²) in [4.78, 5) is 16.7. The molecule has 1 unspecified atom stereocenters. The van der Waals surface area contributed by atoms with Crippen molar-refractivity contribution in [2.45, 2.75) is 32.8 Å². The molecule has 2 aromatic heterocycles. The maximum atomic E-state index is 12.4. The van der Waals surface area contributed by atoms with Gasteiger partial charge in [-0.15, -0.1) is 11.3 Å². The van der Waals surface area contributed by atoms with Gasteiger partial charge in [0.15, 0.2) is 5.13 Å². The van der Waals surface area contributed by atoms with Crippen LogP contribution in [0.5, 0.6) is 0 Å². The number of carbonyl (C=O) groups is 1. The van der Waals surface area contributed by atoms with E-state index >= 15 is 0 Å². The quantitative estimate of drug-likeness (QED) is 0.765. The minimum absolute atomic E-state index is 0.185. The summed E-state index contributed by atoms with van der Waals surface area (Å²) in [5, 5.41) is 15.4. The number of aliphatic hydroxyl groups is 1. The Morgan fingerprint density at radius 2 is 2.33 bits per heavy atom. The number of thiazole rings is 1. The molecule has 7 heteroatoms. The van der Waals surface area contributed by atoms with Gasteiger partial charge in [-0.3, -0.25) is 9.36 Å². The first-order valence-electron chi connectivity index (χ1n) is 8.19. The summed E-state index contributed by atoms with van der Waals surface area (Å²) < 4.78 is 7.41. The summed E-state index contributed by atoms with van der Waals surface area (Å²) in [7, 11) is 0. The maximum Gasteiger partial charge on any atom is 0.253 e. The lowest BCUT2D eigenvalue weighted by Gasteiger charge is -2.12. The van der Waals surface area contributed by atoms with E-state index in [4.69, 9.17) is 4.74 Å². The van der Waals surface area contributed by atoms with Crippen molar-refractivity contribution in [3.8, 4) is 5.13 Å². The molecule has 2 aromatic rings. The number of hydrogen-bond acceptors (Lipinski definition) is 5. The fourth-order valence-corrected chi connectivity index (χ4v) is 3.38. The second-order valence-electron chi connectivity index (χ2n) is 6.28. The Hall–Kier alpha value is -1.70. The minimum Gasteiger partial charge on any atom is -0.389 e. The van der Waals surface area contributed by atoms with Crippen molar-refractivity contribution in [3.63, 3.8) is 0 Å². The highest BCUT2D eigenvalue weighted by Crippen LogP contribution is 2.28. The van der Waals surface area contributed by atoms with Crippen LogP contribution in [-0.4, -0.2) is 46.4 Å². The molecule has 3 rings (SSSR count). The third-order valence-electron chi connectivity index (χ3n) is 4.15. The van der Waals surface area contributed by atoms with Crippen LogP contribution in [0, 0.1) is 19.8 Å². The first-order chi connectivity index (χ1) is 11.6. The molecule has 1 aliphatic carbocycles. The molecule has 6 nitrogen and oxygen atoms in total. The minimum atomic E-state index is -0.685. The topological polar surface area (TPSA) is 76.4 Å². The van der Waals surface area contributed by atoms with Gasteiger partial charge in [-0.05, 0) is 38.7 Å². The SMILES string of the molecule is Cc1cc(C(=O)NCC(O)COCC2CC2)c(C)n1-c1nccs1. The van der Waals surface area contributed by atoms with Gasteiger partial charge in [-0.25, -0.2) is 4.98 Å². The van der Waals surface area contributed by atoms with Gasteiger partial charge in [0.2, 0.25) is 0 Å². The van der Waals surface area contributed by atoms with E-state index in [9.17, 15) is 9.90 Å². The van der Waals surface area contributed by atoms with Crippen molar-refractivity contribution in [2.75, 3.05) is 19.8 Å². The number of carbonyl (C=O) groups excluding carboxylic acids is 1. The molecule has 130 valence electrons. The number of nitrogens with one attached hydrogen (secondary N) is 1. The Morgan fingerprint density at radius 1 is 1.54 bits per heavy atom. The summed E-state index contributed by atoms with van der Waals surface area (Å²) in [5.41, 5.74) is 2.41. The molecule has 1 saturated carbocycles. The Bertz CT molecular complexity index is 692. The molecule has 2 N–H and O–H groups in total. The van der Waals surface area contributed by atoms with Gasteiger partial charge in [-0.1, -0.05) is 0 Å². The van der Waals surface area contributed by atoms with Crippen molar-refractivity contribution in [1.29, 1.82) is 0 Å². The normalized spacial score (nSPS) is 15.5. The van der Waals surface area contributed by atoms with Crippen LogP contribution in [0.25, 0.3) is 5.13 Å². The summed E-state index contributed by atoms with van der Waals surface area (Å²) in [5.74, 6) is 0.482. The van der Waals surface area contributed by atoms with Crippen molar-refractivity contribution < 1.29 is 14.6 Å². The van der Waals surface area contributed by atoms with Crippen LogP contribution >= 0.6 is 11.3 Å². The molecule has 0 radical (unpaired) electrons. The van der Waals surface area contributed by atoms with Crippen molar-refractivity contribution >= 4 is 17.2 Å². The first kappa shape index (κ1) is 17.1. The molecule has 0 spiro atoms. The second kappa shape index (κ2) is 7.46. The number of rotatable bonds is 8. The molecule has 0 saturated heterocycles. The van der Waals surface area contributed by atoms with Crippen LogP contribution in [-0.2, 0) is 4.74 Å². The van der Waals surface area contributed by atoms with E-state index in [-0.39, 0.29) is 19.1 Å². The van der Waals surface area contributed by atoms with Crippen molar-refractivity contribution in [2.24, 2.45) is 5.92 Å². The molecule has 2 heterocycles. The Balaban J connectivity index is 1.55. The smallest absolute Gasteiger partial charge is 0.253 e. The summed E-state index contributed by atoms with van der Waals surface area (Å²) in [6.45, 7) is 5.00. The molecule has 1 amide bonds. The largest absolute Gasteiger partial charge is 0.389 e. The number of aryl methyl sites for hydroxylation is 1. The van der Waals surface area contributed by atoms with Crippen molar-refractivity contribution in [1.82, 2.24) is 14.9 Å². The number of aliphatic hydroxyl groups excluding tert-OH is 1. The third kappa shape index (κ3) is 4.03. The first-order valence-corrected chi connectivity index (χ1v) is 9.07. The van der Waals surface area contributed by atoms with E-state index in [0.29, 0.717) is 18.1 Å². The summed E-state index contributed by atoms with van der Waals surface area (Å²) in [6, 6.07) is 1.85. The van der Waals surface area contributed by atoms with Gasteiger partial charge in [0.1, 0.15) is 0 Å². The van der Waals surface area contributed by atoms with Gasteiger partial charge in [0.25, 0.3) is 5.91 Å². The molecule has 1 fully saturated rings. The molecule has 1 aliphatic rings. The Labute approximate surface area is 145 Å². The third-order valence-corrected chi connectivity index (χ3v) is 4.90. The molecular weight excluding hydrogens is 326 g/mol. The van der Waals surface area contributed by atoms with E-state index in [2.05, 4.69) is 10.3 Å². The van der Waals surface area contributed by atoms with Gasteiger partial charge in [-0.2, -0.15) is 0 Å². The number of aromatic nitrogens is 2. The number of amides is 1. The molecule has 24 heavy (non-hydrogen) atoms. The van der Waals surface area contributed by atoms with E-state index in [0.717, 1.165) is 16.5 Å². The second-order valence-corrected chi connectivity index (χ2v) is 7.15. The van der Waals surface area contributed by atoms with E-state index in [1.807, 2.05) is 29.9 Å². The van der Waals surface area contributed by atoms with E-state index in [1.54, 1.807) is 6.20 Å². The van der Waals surface area contributed by atoms with Crippen LogP contribution in [0.4, 0.5) is 0 Å². The average Bonchev–Trinajstić information content (AvgIpc) is 3.12. The Kier molecular flexibility index (Phi) is 5.33. The predicted octanol–water partition coefficient (Wildman–Crippen LogP) is 2.07. The van der Waals surface area contributed by atoms with E-state index in [1.165, 1.54) is 24.2 Å². The van der Waals surface area contributed by atoms with Crippen LogP contribution < -0.4 is 5.32 Å². The zero-order chi connectivity index (χ0) is 17.1. The zero-order valence-corrected chi connectivity index (χ0v) is 14.8. The Morgan fingerprint density at radius 3 is 3.00 bits per heavy atom. The lowest BCUT2D eigenvalue weighted by atomic mass is 10.2. The van der Waals surface area contributed by atoms with Crippen molar-refractivity contribution in [3.05, 3.63) is 34.6 Å². The summed E-state index contributed by atoms with van der Waals surface area (Å²) in [6.07, 6.45) is 3.51. The van der Waals surface area contributed by atoms with E-state index < -0.39 is 6.10 Å². The standard InChI is InChI=1S/C17H23N3O3S/c1-11-7-15(12(2)20(11)17-18-5-6-24-17)16(22)19-8-14(21)10-23-9-13-3-4-13/h5-7,13-14,21H,3-4,8-10H2,1-2H3,(H,19,22). The maximum absolute atomic E-state index is 12.4. The molecule has 1 atom stereocenters. The predicted molar refractivity (Wildman–Crippen MR) is 92.8 cm³/mol. The zero-order valence-electron chi connectivity index (χ0n) is 14.0. The van der Waals surface area contributed by atoms with Crippen LogP contribution in [0.3, 0.4) is 0 Å². The van der Waals surface area contributed by atoms with Crippen LogP contribution in [0.1, 0.15) is 34.6 Å². The van der Waals surface area contributed by atoms with Crippen LogP contribution in [0.15, 0.2) is 17.6 Å². The van der Waals surface area contributed by atoms with Gasteiger partial charge < -0.3 is 15.2 Å². The van der Waals surface area contributed by atoms with Crippen LogP contribution in [0.2, 0.25) is 0 Å². The average molecular weight is 349 g/mol. The summed E-state index contributed by atoms with van der Waals surface area (Å²) >= 11 is 1.53. The lowest BCUT2D eigenvalue weighted by molar-refractivity contribution is 0.0320. The van der Waals surface area contributed by atoms with Gasteiger partial charge in [0.05, 0.1) is 18.3 Å². The fourth-order valence-electron chi connectivity index (χ4n) is 2.63. The van der Waals surface area contributed by atoms with Gasteiger partial charge in [0, 0.05) is 36.1 Å².